The summed E-state index contributed by atoms with van der Waals surface area (Å²) < 4.78 is 19.6. The molecule has 0 spiro atoms. The first-order valence-corrected chi connectivity index (χ1v) is 15.1. The van der Waals surface area contributed by atoms with E-state index in [-0.39, 0.29) is 17.2 Å². The number of ether oxygens (including phenoxy) is 2. The van der Waals surface area contributed by atoms with Gasteiger partial charge in [0.05, 0.1) is 24.4 Å². The average Bonchev–Trinajstić information content (AvgIpc) is 3.48. The number of rotatable bonds is 8. The molecule has 0 saturated carbocycles. The van der Waals surface area contributed by atoms with Gasteiger partial charge < -0.3 is 24.1 Å². The van der Waals surface area contributed by atoms with Crippen LogP contribution < -0.4 is 10.4 Å². The van der Waals surface area contributed by atoms with Crippen molar-refractivity contribution in [2.24, 2.45) is 0 Å². The SMILES string of the molecule is CC(C)(C)[Si](O[C@H]1C[C@@]2([C@@H](O)CO)O[C@@H]1C[C@@H]2OC(=O)c1ccccc1)(c1ccccc1)c1ccccc1. The second-order valence-electron chi connectivity index (χ2n) is 11.3. The first-order chi connectivity index (χ1) is 18.2. The highest BCUT2D eigenvalue weighted by atomic mass is 28.4. The van der Waals surface area contributed by atoms with Crippen LogP contribution in [0.25, 0.3) is 0 Å². The maximum atomic E-state index is 12.9. The van der Waals surface area contributed by atoms with E-state index in [1.165, 1.54) is 0 Å². The number of aliphatic hydroxyl groups excluding tert-OH is 2. The Hall–Kier alpha value is -2.81. The zero-order valence-corrected chi connectivity index (χ0v) is 23.1. The van der Waals surface area contributed by atoms with Gasteiger partial charge in [0.15, 0.2) is 0 Å². The van der Waals surface area contributed by atoms with Crippen LogP contribution in [0, 0.1) is 0 Å². The highest BCUT2D eigenvalue weighted by Gasteiger charge is 2.65. The third-order valence-electron chi connectivity index (χ3n) is 8.04. The predicted octanol–water partition coefficient (Wildman–Crippen LogP) is 3.44. The van der Waals surface area contributed by atoms with Crippen LogP contribution in [-0.2, 0) is 13.9 Å². The van der Waals surface area contributed by atoms with E-state index >= 15 is 0 Å². The van der Waals surface area contributed by atoms with Crippen molar-refractivity contribution in [3.05, 3.63) is 96.6 Å². The fourth-order valence-electron chi connectivity index (χ4n) is 6.21. The maximum Gasteiger partial charge on any atom is 0.338 e. The van der Waals surface area contributed by atoms with E-state index in [1.54, 1.807) is 24.3 Å². The van der Waals surface area contributed by atoms with Gasteiger partial charge in [0.2, 0.25) is 0 Å². The molecule has 3 aromatic rings. The number of carbonyl (C=O) groups excluding carboxylic acids is 1. The summed E-state index contributed by atoms with van der Waals surface area (Å²) in [5.41, 5.74) is -0.802. The first-order valence-electron chi connectivity index (χ1n) is 13.2. The zero-order valence-electron chi connectivity index (χ0n) is 22.1. The monoisotopic (exact) mass is 532 g/mol. The smallest absolute Gasteiger partial charge is 0.338 e. The summed E-state index contributed by atoms with van der Waals surface area (Å²) in [7, 11) is -2.87. The van der Waals surface area contributed by atoms with Crippen molar-refractivity contribution in [2.75, 3.05) is 6.61 Å². The number of esters is 1. The topological polar surface area (TPSA) is 85.2 Å². The minimum absolute atomic E-state index is 0.223. The Morgan fingerprint density at radius 2 is 1.50 bits per heavy atom. The van der Waals surface area contributed by atoms with E-state index in [9.17, 15) is 15.0 Å². The van der Waals surface area contributed by atoms with Crippen LogP contribution >= 0.6 is 0 Å². The van der Waals surface area contributed by atoms with Crippen LogP contribution in [0.2, 0.25) is 5.04 Å². The van der Waals surface area contributed by atoms with Gasteiger partial charge in [-0.25, -0.2) is 4.79 Å². The zero-order chi connectivity index (χ0) is 27.0. The number of fused-ring (bicyclic) bond motifs is 2. The summed E-state index contributed by atoms with van der Waals surface area (Å²) in [6, 6.07) is 29.5. The van der Waals surface area contributed by atoms with E-state index in [1.807, 2.05) is 42.5 Å². The second-order valence-corrected chi connectivity index (χ2v) is 15.6. The molecule has 2 aliphatic rings. The van der Waals surface area contributed by atoms with Crippen LogP contribution in [0.15, 0.2) is 91.0 Å². The molecule has 5 atom stereocenters. The normalized spacial score (nSPS) is 25.8. The Bertz CT molecular complexity index is 1190. The summed E-state index contributed by atoms with van der Waals surface area (Å²) in [5, 5.41) is 23.1. The molecule has 5 rings (SSSR count). The van der Waals surface area contributed by atoms with Gasteiger partial charge in [0.25, 0.3) is 8.32 Å². The minimum Gasteiger partial charge on any atom is -0.455 e. The first kappa shape index (κ1) is 26.8. The number of carbonyl (C=O) groups is 1. The number of benzene rings is 3. The fraction of sp³-hybridized carbons (Fsp3) is 0.387. The van der Waals surface area contributed by atoms with Gasteiger partial charge in [0.1, 0.15) is 17.8 Å². The number of hydrogen-bond donors (Lipinski definition) is 2. The summed E-state index contributed by atoms with van der Waals surface area (Å²) in [4.78, 5) is 12.9. The van der Waals surface area contributed by atoms with E-state index < -0.39 is 38.7 Å². The molecule has 3 aromatic carbocycles. The van der Waals surface area contributed by atoms with Crippen molar-refractivity contribution < 1.29 is 28.9 Å². The lowest BCUT2D eigenvalue weighted by Gasteiger charge is -2.46. The summed E-state index contributed by atoms with van der Waals surface area (Å²) >= 11 is 0. The van der Waals surface area contributed by atoms with Crippen molar-refractivity contribution in [1.82, 2.24) is 0 Å². The van der Waals surface area contributed by atoms with Crippen molar-refractivity contribution in [3.8, 4) is 0 Å². The molecule has 6 nitrogen and oxygen atoms in total. The van der Waals surface area contributed by atoms with Gasteiger partial charge in [-0.3, -0.25) is 0 Å². The maximum absolute atomic E-state index is 12.9. The predicted molar refractivity (Wildman–Crippen MR) is 148 cm³/mol. The molecular weight excluding hydrogens is 496 g/mol. The molecule has 0 unspecified atom stereocenters. The average molecular weight is 533 g/mol. The highest BCUT2D eigenvalue weighted by molar-refractivity contribution is 6.99. The molecule has 2 N–H and O–H groups in total. The van der Waals surface area contributed by atoms with E-state index in [0.717, 1.165) is 10.4 Å². The molecule has 0 aromatic heterocycles. The number of hydrogen-bond acceptors (Lipinski definition) is 6. The largest absolute Gasteiger partial charge is 0.455 e. The Morgan fingerprint density at radius 1 is 0.974 bits per heavy atom. The van der Waals surface area contributed by atoms with Crippen LogP contribution in [-0.4, -0.2) is 61.1 Å². The van der Waals surface area contributed by atoms with Crippen LogP contribution in [0.5, 0.6) is 0 Å². The lowest BCUT2D eigenvalue weighted by molar-refractivity contribution is -0.137. The molecular formula is C31H36O6Si. The van der Waals surface area contributed by atoms with Crippen LogP contribution in [0.1, 0.15) is 44.0 Å². The molecule has 0 amide bonds. The molecule has 2 aliphatic heterocycles. The molecule has 2 fully saturated rings. The minimum atomic E-state index is -2.87. The van der Waals surface area contributed by atoms with Gasteiger partial charge >= 0.3 is 5.97 Å². The molecule has 2 bridgehead atoms. The van der Waals surface area contributed by atoms with Crippen molar-refractivity contribution in [2.45, 2.75) is 68.7 Å². The molecule has 0 radical (unpaired) electrons. The van der Waals surface area contributed by atoms with Crippen molar-refractivity contribution in [1.29, 1.82) is 0 Å². The summed E-state index contributed by atoms with van der Waals surface area (Å²) in [5.74, 6) is -0.472. The molecule has 38 heavy (non-hydrogen) atoms. The molecule has 0 aliphatic carbocycles. The molecule has 7 heteroatoms. The van der Waals surface area contributed by atoms with Gasteiger partial charge in [0, 0.05) is 12.8 Å². The standard InChI is InChI=1S/C31H36O6Si/c1-30(2,3)38(23-15-9-5-10-16-23,24-17-11-6-12-18-24)37-26-20-31(27(33)21-32)28(19-25(26)36-31)35-29(34)22-13-7-4-8-14-22/h4-18,25-28,32-33H,19-21H2,1-3H3/t25-,26+,27+,28+,31+/m1/s1. The number of aliphatic hydroxyl groups is 2. The van der Waals surface area contributed by atoms with Crippen molar-refractivity contribution >= 4 is 24.7 Å². The fourth-order valence-corrected chi connectivity index (χ4v) is 10.9. The molecule has 2 saturated heterocycles. The third kappa shape index (κ3) is 4.52. The van der Waals surface area contributed by atoms with E-state index in [2.05, 4.69) is 45.0 Å². The third-order valence-corrected chi connectivity index (χ3v) is 13.1. The van der Waals surface area contributed by atoms with Crippen LogP contribution in [0.4, 0.5) is 0 Å². The van der Waals surface area contributed by atoms with E-state index in [0.29, 0.717) is 18.4 Å². The Balaban J connectivity index is 1.49. The molecule has 2 heterocycles. The second kappa shape index (κ2) is 10.4. The quantitative estimate of drug-likeness (QED) is 0.342. The van der Waals surface area contributed by atoms with Gasteiger partial charge in [-0.05, 0) is 27.5 Å². The lowest BCUT2D eigenvalue weighted by Crippen LogP contribution is -2.68. The summed E-state index contributed by atoms with van der Waals surface area (Å²) in [6.45, 7) is 6.15. The molecule has 200 valence electrons. The van der Waals surface area contributed by atoms with E-state index in [4.69, 9.17) is 13.9 Å². The Morgan fingerprint density at radius 3 is 2.00 bits per heavy atom. The lowest BCUT2D eigenvalue weighted by atomic mass is 9.80. The van der Waals surface area contributed by atoms with Gasteiger partial charge in [-0.1, -0.05) is 99.6 Å². The van der Waals surface area contributed by atoms with Crippen molar-refractivity contribution in [3.63, 3.8) is 0 Å². The van der Waals surface area contributed by atoms with Gasteiger partial charge in [-0.2, -0.15) is 0 Å². The van der Waals surface area contributed by atoms with Gasteiger partial charge in [-0.15, -0.1) is 0 Å². The van der Waals surface area contributed by atoms with Crippen LogP contribution in [0.3, 0.4) is 0 Å². The Kier molecular flexibility index (Phi) is 7.33. The summed E-state index contributed by atoms with van der Waals surface area (Å²) in [6.07, 6.45) is -1.93. The highest BCUT2D eigenvalue weighted by Crippen LogP contribution is 2.51. The Labute approximate surface area is 225 Å².